The van der Waals surface area contributed by atoms with E-state index in [9.17, 15) is 0 Å². The third-order valence-electron chi connectivity index (χ3n) is 6.01. The van der Waals surface area contributed by atoms with Crippen LogP contribution in [0.5, 0.6) is 0 Å². The first-order valence-corrected chi connectivity index (χ1v) is 11.0. The van der Waals surface area contributed by atoms with Gasteiger partial charge in [0.1, 0.15) is 0 Å². The number of aliphatic imine (C=N–C) groups is 1. The van der Waals surface area contributed by atoms with Crippen LogP contribution >= 0.6 is 24.0 Å². The minimum absolute atomic E-state index is 0. The first-order valence-electron chi connectivity index (χ1n) is 11.0. The van der Waals surface area contributed by atoms with Crippen molar-refractivity contribution in [1.29, 1.82) is 0 Å². The van der Waals surface area contributed by atoms with E-state index in [1.165, 1.54) is 31.2 Å². The van der Waals surface area contributed by atoms with Crippen LogP contribution in [0.3, 0.4) is 0 Å². The molecule has 1 aromatic rings. The Hall–Kier alpha value is -0.860. The largest absolute Gasteiger partial charge is 0.381 e. The summed E-state index contributed by atoms with van der Waals surface area (Å²) in [5, 5.41) is 7.04. The van der Waals surface area contributed by atoms with Crippen LogP contribution in [0.15, 0.2) is 35.3 Å². The fourth-order valence-electron chi connectivity index (χ4n) is 4.23. The quantitative estimate of drug-likeness (QED) is 0.234. The van der Waals surface area contributed by atoms with E-state index in [0.717, 1.165) is 58.2 Å². The van der Waals surface area contributed by atoms with Gasteiger partial charge in [-0.1, -0.05) is 30.3 Å². The molecular weight excluding hydrogens is 477 g/mol. The van der Waals surface area contributed by atoms with E-state index >= 15 is 0 Å². The third-order valence-corrected chi connectivity index (χ3v) is 6.01. The van der Waals surface area contributed by atoms with Crippen molar-refractivity contribution >= 4 is 29.9 Å². The second-order valence-electron chi connectivity index (χ2n) is 8.09. The Bertz CT molecular complexity index is 571. The topological polar surface area (TPSA) is 54.9 Å². The van der Waals surface area contributed by atoms with Crippen molar-refractivity contribution in [3.63, 3.8) is 0 Å². The van der Waals surface area contributed by atoms with Crippen molar-refractivity contribution in [3.05, 3.63) is 35.9 Å². The van der Waals surface area contributed by atoms with Crippen molar-refractivity contribution < 1.29 is 9.47 Å². The molecule has 1 saturated carbocycles. The zero-order chi connectivity index (χ0) is 19.4. The molecule has 164 valence electrons. The number of nitrogens with one attached hydrogen (secondary N) is 2. The Kier molecular flexibility index (Phi) is 12.0. The summed E-state index contributed by atoms with van der Waals surface area (Å²) in [6.45, 7) is 4.37. The lowest BCUT2D eigenvalue weighted by molar-refractivity contribution is 0.0203. The van der Waals surface area contributed by atoms with Crippen LogP contribution in [0, 0.1) is 5.92 Å². The van der Waals surface area contributed by atoms with Crippen molar-refractivity contribution in [2.75, 3.05) is 40.0 Å². The number of ether oxygens (including phenoxy) is 2. The Morgan fingerprint density at radius 2 is 1.79 bits per heavy atom. The molecule has 2 fully saturated rings. The molecule has 0 spiro atoms. The van der Waals surface area contributed by atoms with Gasteiger partial charge >= 0.3 is 0 Å². The summed E-state index contributed by atoms with van der Waals surface area (Å²) in [5.74, 6) is 2.32. The van der Waals surface area contributed by atoms with Gasteiger partial charge in [-0.15, -0.1) is 24.0 Å². The molecule has 0 radical (unpaired) electrons. The van der Waals surface area contributed by atoms with E-state index < -0.39 is 0 Å². The van der Waals surface area contributed by atoms with Crippen molar-refractivity contribution in [3.8, 4) is 0 Å². The van der Waals surface area contributed by atoms with Crippen LogP contribution in [0.25, 0.3) is 0 Å². The summed E-state index contributed by atoms with van der Waals surface area (Å²) in [4.78, 5) is 4.39. The number of nitrogens with zero attached hydrogens (tertiary/aromatic N) is 1. The monoisotopic (exact) mass is 515 g/mol. The van der Waals surface area contributed by atoms with Gasteiger partial charge in [0.2, 0.25) is 0 Å². The lowest BCUT2D eigenvalue weighted by atomic mass is 9.82. The molecule has 29 heavy (non-hydrogen) atoms. The number of hydrogen-bond acceptors (Lipinski definition) is 3. The minimum Gasteiger partial charge on any atom is -0.381 e. The fraction of sp³-hybridized carbons (Fsp3) is 0.696. The molecular formula is C23H38IN3O2. The number of halogens is 1. The molecule has 0 unspecified atom stereocenters. The summed E-state index contributed by atoms with van der Waals surface area (Å²) < 4.78 is 11.2. The van der Waals surface area contributed by atoms with Gasteiger partial charge in [-0.05, 0) is 62.3 Å². The van der Waals surface area contributed by atoms with Gasteiger partial charge in [-0.25, -0.2) is 0 Å². The molecule has 1 heterocycles. The van der Waals surface area contributed by atoms with Gasteiger partial charge in [-0.3, -0.25) is 4.99 Å². The molecule has 5 nitrogen and oxygen atoms in total. The van der Waals surface area contributed by atoms with Crippen LogP contribution in [0.1, 0.15) is 56.4 Å². The summed E-state index contributed by atoms with van der Waals surface area (Å²) in [5.41, 5.74) is 1.49. The second kappa shape index (κ2) is 14.2. The van der Waals surface area contributed by atoms with Crippen molar-refractivity contribution in [2.45, 2.75) is 56.9 Å². The summed E-state index contributed by atoms with van der Waals surface area (Å²) in [7, 11) is 1.85. The lowest BCUT2D eigenvalue weighted by Gasteiger charge is -2.30. The van der Waals surface area contributed by atoms with Crippen LogP contribution in [-0.2, 0) is 9.47 Å². The highest BCUT2D eigenvalue weighted by Crippen LogP contribution is 2.32. The first-order chi connectivity index (χ1) is 13.8. The zero-order valence-electron chi connectivity index (χ0n) is 17.8. The highest BCUT2D eigenvalue weighted by atomic mass is 127. The van der Waals surface area contributed by atoms with Crippen LogP contribution < -0.4 is 10.6 Å². The SMILES string of the molecule is CN=C(NCCCOCC1CCOCC1)NC1CCC(c2ccccc2)CC1.I. The zero-order valence-corrected chi connectivity index (χ0v) is 20.1. The molecule has 1 aliphatic heterocycles. The lowest BCUT2D eigenvalue weighted by Crippen LogP contribution is -2.45. The van der Waals surface area contributed by atoms with Crippen molar-refractivity contribution in [2.24, 2.45) is 10.9 Å². The van der Waals surface area contributed by atoms with Crippen LogP contribution in [-0.4, -0.2) is 52.0 Å². The average molecular weight is 515 g/mol. The maximum absolute atomic E-state index is 5.84. The molecule has 2 N–H and O–H groups in total. The first kappa shape index (κ1) is 24.4. The molecule has 0 amide bonds. The van der Waals surface area contributed by atoms with E-state index in [1.807, 2.05) is 7.05 Å². The summed E-state index contributed by atoms with van der Waals surface area (Å²) >= 11 is 0. The molecule has 6 heteroatoms. The number of rotatable bonds is 8. The van der Waals surface area contributed by atoms with E-state index in [0.29, 0.717) is 17.9 Å². The Balaban J connectivity index is 0.00000300. The molecule has 1 aliphatic carbocycles. The average Bonchev–Trinajstić information content (AvgIpc) is 2.77. The third kappa shape index (κ3) is 8.80. The Morgan fingerprint density at radius 1 is 1.07 bits per heavy atom. The molecule has 1 aromatic carbocycles. The van der Waals surface area contributed by atoms with E-state index in [4.69, 9.17) is 9.47 Å². The molecule has 1 saturated heterocycles. The minimum atomic E-state index is 0. The Morgan fingerprint density at radius 3 is 2.48 bits per heavy atom. The molecule has 2 aliphatic rings. The number of guanidine groups is 1. The van der Waals surface area contributed by atoms with Gasteiger partial charge in [0, 0.05) is 46.1 Å². The van der Waals surface area contributed by atoms with E-state index in [-0.39, 0.29) is 24.0 Å². The Labute approximate surface area is 193 Å². The number of hydrogen-bond donors (Lipinski definition) is 2. The van der Waals surface area contributed by atoms with Gasteiger partial charge in [0.25, 0.3) is 0 Å². The second-order valence-corrected chi connectivity index (χ2v) is 8.09. The molecule has 0 atom stereocenters. The van der Waals surface area contributed by atoms with Gasteiger partial charge in [0.05, 0.1) is 0 Å². The summed E-state index contributed by atoms with van der Waals surface area (Å²) in [6, 6.07) is 11.5. The van der Waals surface area contributed by atoms with Crippen LogP contribution in [0.2, 0.25) is 0 Å². The fourth-order valence-corrected chi connectivity index (χ4v) is 4.23. The molecule has 0 aromatic heterocycles. The molecule has 3 rings (SSSR count). The number of benzene rings is 1. The maximum Gasteiger partial charge on any atom is 0.191 e. The molecule has 0 bridgehead atoms. The highest BCUT2D eigenvalue weighted by molar-refractivity contribution is 14.0. The highest BCUT2D eigenvalue weighted by Gasteiger charge is 2.22. The van der Waals surface area contributed by atoms with E-state index in [2.05, 4.69) is 46.0 Å². The van der Waals surface area contributed by atoms with Gasteiger partial charge in [-0.2, -0.15) is 0 Å². The van der Waals surface area contributed by atoms with Crippen LogP contribution in [0.4, 0.5) is 0 Å². The van der Waals surface area contributed by atoms with Gasteiger partial charge in [0.15, 0.2) is 5.96 Å². The predicted octanol–water partition coefficient (Wildman–Crippen LogP) is 4.33. The maximum atomic E-state index is 5.84. The standard InChI is InChI=1S/C23H37N3O2.HI/c1-24-23(25-14-5-15-28-18-19-12-16-27-17-13-19)26-22-10-8-21(9-11-22)20-6-3-2-4-7-20;/h2-4,6-7,19,21-22H,5,8-18H2,1H3,(H2,24,25,26);1H. The normalized spacial score (nSPS) is 23.3. The van der Waals surface area contributed by atoms with E-state index in [1.54, 1.807) is 0 Å². The smallest absolute Gasteiger partial charge is 0.191 e. The van der Waals surface area contributed by atoms with Crippen molar-refractivity contribution in [1.82, 2.24) is 10.6 Å². The van der Waals surface area contributed by atoms with Gasteiger partial charge < -0.3 is 20.1 Å². The summed E-state index contributed by atoms with van der Waals surface area (Å²) in [6.07, 6.45) is 8.19. The predicted molar refractivity (Wildman–Crippen MR) is 130 cm³/mol.